The van der Waals surface area contributed by atoms with Crippen LogP contribution >= 0.6 is 0 Å². The molecule has 3 nitrogen and oxygen atoms in total. The maximum absolute atomic E-state index is 11.1. The average molecular weight is 181 g/mol. The van der Waals surface area contributed by atoms with Crippen LogP contribution in [0.2, 0.25) is 0 Å². The zero-order valence-corrected chi connectivity index (χ0v) is 8.24. The van der Waals surface area contributed by atoms with E-state index in [1.54, 1.807) is 12.1 Å². The fraction of sp³-hybridized carbons (Fsp3) is 0.500. The summed E-state index contributed by atoms with van der Waals surface area (Å²) in [6, 6.07) is 3.19. The molecule has 1 N–H and O–H groups in total. The van der Waals surface area contributed by atoms with Gasteiger partial charge in [-0.2, -0.15) is 0 Å². The van der Waals surface area contributed by atoms with Gasteiger partial charge in [0.1, 0.15) is 0 Å². The fourth-order valence-corrected chi connectivity index (χ4v) is 1.65. The van der Waals surface area contributed by atoms with Gasteiger partial charge in [-0.05, 0) is 20.8 Å². The van der Waals surface area contributed by atoms with Crippen molar-refractivity contribution in [3.8, 4) is 0 Å². The number of aliphatic hydroxyl groups excluding tert-OH is 1. The van der Waals surface area contributed by atoms with Gasteiger partial charge in [-0.1, -0.05) is 0 Å². The molecule has 0 saturated heterocycles. The lowest BCUT2D eigenvalue weighted by Gasteiger charge is -2.19. The van der Waals surface area contributed by atoms with E-state index >= 15 is 0 Å². The van der Waals surface area contributed by atoms with E-state index in [9.17, 15) is 4.79 Å². The molecule has 0 bridgehead atoms. The van der Waals surface area contributed by atoms with Gasteiger partial charge in [0, 0.05) is 23.5 Å². The van der Waals surface area contributed by atoms with Gasteiger partial charge in [0.15, 0.2) is 5.43 Å². The van der Waals surface area contributed by atoms with Crippen LogP contribution in [0, 0.1) is 13.8 Å². The van der Waals surface area contributed by atoms with Crippen molar-refractivity contribution in [2.24, 2.45) is 0 Å². The minimum atomic E-state index is 0.0244. The SMILES string of the molecule is Cc1cc(=O)cc(C)n1[C@H](C)CO. The number of aromatic nitrogens is 1. The molecule has 0 amide bonds. The van der Waals surface area contributed by atoms with E-state index in [2.05, 4.69) is 0 Å². The van der Waals surface area contributed by atoms with Crippen molar-refractivity contribution in [2.45, 2.75) is 26.8 Å². The second kappa shape index (κ2) is 3.75. The first-order valence-electron chi connectivity index (χ1n) is 4.37. The van der Waals surface area contributed by atoms with E-state index in [0.29, 0.717) is 0 Å². The molecule has 1 aromatic heterocycles. The highest BCUT2D eigenvalue weighted by atomic mass is 16.3. The molecular formula is C10H15NO2. The summed E-state index contributed by atoms with van der Waals surface area (Å²) in [7, 11) is 0. The molecule has 0 unspecified atom stereocenters. The summed E-state index contributed by atoms with van der Waals surface area (Å²) in [6.45, 7) is 5.76. The quantitative estimate of drug-likeness (QED) is 0.740. The number of aryl methyl sites for hydroxylation is 2. The van der Waals surface area contributed by atoms with Crippen LogP contribution in [0.1, 0.15) is 24.4 Å². The zero-order chi connectivity index (χ0) is 10.0. The number of nitrogens with zero attached hydrogens (tertiary/aromatic N) is 1. The maximum atomic E-state index is 11.1. The van der Waals surface area contributed by atoms with Crippen LogP contribution in [0.4, 0.5) is 0 Å². The molecule has 0 aliphatic carbocycles. The Labute approximate surface area is 77.6 Å². The number of aliphatic hydroxyl groups is 1. The monoisotopic (exact) mass is 181 g/mol. The van der Waals surface area contributed by atoms with Gasteiger partial charge in [0.05, 0.1) is 12.6 Å². The highest BCUT2D eigenvalue weighted by Gasteiger charge is 2.07. The van der Waals surface area contributed by atoms with Crippen LogP contribution < -0.4 is 5.43 Å². The molecule has 0 fully saturated rings. The second-order valence-electron chi connectivity index (χ2n) is 3.38. The van der Waals surface area contributed by atoms with Gasteiger partial charge in [0.25, 0.3) is 0 Å². The van der Waals surface area contributed by atoms with E-state index in [1.165, 1.54) is 0 Å². The maximum Gasteiger partial charge on any atom is 0.182 e. The van der Waals surface area contributed by atoms with Crippen molar-refractivity contribution in [1.82, 2.24) is 4.57 Å². The molecule has 1 aromatic rings. The molecule has 0 aliphatic rings. The first kappa shape index (κ1) is 9.99. The van der Waals surface area contributed by atoms with Gasteiger partial charge in [-0.15, -0.1) is 0 Å². The minimum absolute atomic E-state index is 0.0244. The summed E-state index contributed by atoms with van der Waals surface area (Å²) < 4.78 is 1.96. The molecule has 1 atom stereocenters. The molecule has 13 heavy (non-hydrogen) atoms. The standard InChI is InChI=1S/C10H15NO2/c1-7-4-10(13)5-8(2)11(7)9(3)6-12/h4-5,9,12H,6H2,1-3H3/t9-/m1/s1. The Morgan fingerprint density at radius 2 is 1.85 bits per heavy atom. The summed E-state index contributed by atoms with van der Waals surface area (Å²) in [5.74, 6) is 0. The lowest BCUT2D eigenvalue weighted by Crippen LogP contribution is -2.18. The number of rotatable bonds is 2. The summed E-state index contributed by atoms with van der Waals surface area (Å²) in [5.41, 5.74) is 1.81. The number of hydrogen-bond acceptors (Lipinski definition) is 2. The van der Waals surface area contributed by atoms with Crippen molar-refractivity contribution >= 4 is 0 Å². The van der Waals surface area contributed by atoms with Crippen LogP contribution in [-0.4, -0.2) is 16.3 Å². The lowest BCUT2D eigenvalue weighted by molar-refractivity contribution is 0.235. The summed E-state index contributed by atoms with van der Waals surface area (Å²) in [4.78, 5) is 11.1. The van der Waals surface area contributed by atoms with Gasteiger partial charge in [-0.25, -0.2) is 0 Å². The topological polar surface area (TPSA) is 42.2 Å². The predicted octanol–water partition coefficient (Wildman–Crippen LogP) is 1.02. The molecule has 0 aromatic carbocycles. The van der Waals surface area contributed by atoms with Gasteiger partial charge in [-0.3, -0.25) is 4.79 Å². The fourth-order valence-electron chi connectivity index (χ4n) is 1.65. The van der Waals surface area contributed by atoms with Gasteiger partial charge >= 0.3 is 0 Å². The Morgan fingerprint density at radius 3 is 2.23 bits per heavy atom. The van der Waals surface area contributed by atoms with E-state index in [0.717, 1.165) is 11.4 Å². The van der Waals surface area contributed by atoms with Crippen molar-refractivity contribution < 1.29 is 5.11 Å². The van der Waals surface area contributed by atoms with Crippen LogP contribution in [0.15, 0.2) is 16.9 Å². The third kappa shape index (κ3) is 1.98. The smallest absolute Gasteiger partial charge is 0.182 e. The highest BCUT2D eigenvalue weighted by Crippen LogP contribution is 2.10. The minimum Gasteiger partial charge on any atom is -0.394 e. The molecule has 0 spiro atoms. The van der Waals surface area contributed by atoms with Crippen molar-refractivity contribution in [3.63, 3.8) is 0 Å². The molecule has 72 valence electrons. The Bertz CT molecular complexity index is 328. The van der Waals surface area contributed by atoms with Crippen LogP contribution in [0.25, 0.3) is 0 Å². The highest BCUT2D eigenvalue weighted by molar-refractivity contribution is 5.13. The first-order valence-corrected chi connectivity index (χ1v) is 4.37. The molecule has 1 rings (SSSR count). The normalized spacial score (nSPS) is 12.9. The average Bonchev–Trinajstić information content (AvgIpc) is 2.02. The summed E-state index contributed by atoms with van der Waals surface area (Å²) in [5, 5.41) is 9.01. The van der Waals surface area contributed by atoms with Gasteiger partial charge in [0.2, 0.25) is 0 Å². The lowest BCUT2D eigenvalue weighted by atomic mass is 10.2. The Kier molecular flexibility index (Phi) is 2.88. The van der Waals surface area contributed by atoms with Crippen molar-refractivity contribution in [3.05, 3.63) is 33.7 Å². The van der Waals surface area contributed by atoms with Gasteiger partial charge < -0.3 is 9.67 Å². The summed E-state index contributed by atoms with van der Waals surface area (Å²) in [6.07, 6.45) is 0. The van der Waals surface area contributed by atoms with Crippen molar-refractivity contribution in [2.75, 3.05) is 6.61 Å². The Balaban J connectivity index is 3.28. The number of hydrogen-bond donors (Lipinski definition) is 1. The Morgan fingerprint density at radius 1 is 1.38 bits per heavy atom. The number of pyridine rings is 1. The van der Waals surface area contributed by atoms with E-state index in [-0.39, 0.29) is 18.1 Å². The molecule has 3 heteroatoms. The predicted molar refractivity (Wildman–Crippen MR) is 52.0 cm³/mol. The van der Waals surface area contributed by atoms with E-state index < -0.39 is 0 Å². The Hall–Kier alpha value is -1.09. The third-order valence-corrected chi connectivity index (χ3v) is 2.17. The summed E-state index contributed by atoms with van der Waals surface area (Å²) >= 11 is 0. The molecule has 1 heterocycles. The molecule has 0 aliphatic heterocycles. The first-order chi connectivity index (χ1) is 6.06. The molecular weight excluding hydrogens is 166 g/mol. The second-order valence-corrected chi connectivity index (χ2v) is 3.38. The van der Waals surface area contributed by atoms with Crippen LogP contribution in [0.5, 0.6) is 0 Å². The van der Waals surface area contributed by atoms with Crippen LogP contribution in [-0.2, 0) is 0 Å². The van der Waals surface area contributed by atoms with E-state index in [1.807, 2.05) is 25.3 Å². The van der Waals surface area contributed by atoms with Crippen molar-refractivity contribution in [1.29, 1.82) is 0 Å². The largest absolute Gasteiger partial charge is 0.394 e. The van der Waals surface area contributed by atoms with Crippen LogP contribution in [0.3, 0.4) is 0 Å². The third-order valence-electron chi connectivity index (χ3n) is 2.17. The molecule has 0 saturated carbocycles. The zero-order valence-electron chi connectivity index (χ0n) is 8.24. The molecule has 0 radical (unpaired) electrons. The van der Waals surface area contributed by atoms with E-state index in [4.69, 9.17) is 5.11 Å².